The first-order valence-corrected chi connectivity index (χ1v) is 16.8. The first-order chi connectivity index (χ1) is 20.0. The number of hydrogen-bond donors (Lipinski definition) is 1. The van der Waals surface area contributed by atoms with E-state index in [1.165, 1.54) is 4.31 Å². The Morgan fingerprint density at radius 3 is 2.14 bits per heavy atom. The van der Waals surface area contributed by atoms with Crippen molar-refractivity contribution in [1.82, 2.24) is 10.2 Å². The molecule has 0 saturated heterocycles. The number of anilines is 1. The number of aryl methyl sites for hydroxylation is 1. The van der Waals surface area contributed by atoms with Gasteiger partial charge in [0.05, 0.1) is 22.0 Å². The van der Waals surface area contributed by atoms with Crippen LogP contribution in [0.25, 0.3) is 0 Å². The van der Waals surface area contributed by atoms with Gasteiger partial charge in [-0.25, -0.2) is 8.42 Å². The van der Waals surface area contributed by atoms with Crippen molar-refractivity contribution in [2.75, 3.05) is 23.7 Å². The average Bonchev–Trinajstić information content (AvgIpc) is 2.97. The van der Waals surface area contributed by atoms with E-state index >= 15 is 0 Å². The minimum atomic E-state index is -3.58. The van der Waals surface area contributed by atoms with Crippen LogP contribution in [0.4, 0.5) is 5.69 Å². The summed E-state index contributed by atoms with van der Waals surface area (Å²) >= 11 is 12.4. The molecule has 3 rings (SSSR count). The first-order valence-electron chi connectivity index (χ1n) is 14.1. The lowest BCUT2D eigenvalue weighted by atomic mass is 10.0. The summed E-state index contributed by atoms with van der Waals surface area (Å²) in [7, 11) is -3.58. The molecule has 0 fully saturated rings. The Bertz CT molecular complexity index is 1430. The van der Waals surface area contributed by atoms with Gasteiger partial charge in [0.2, 0.25) is 21.8 Å². The molecule has 7 nitrogen and oxygen atoms in total. The number of benzene rings is 3. The molecule has 0 aliphatic heterocycles. The van der Waals surface area contributed by atoms with Gasteiger partial charge >= 0.3 is 0 Å². The number of carbonyl (C=O) groups excluding carboxylic acids is 2. The van der Waals surface area contributed by atoms with Crippen molar-refractivity contribution in [2.24, 2.45) is 0 Å². The van der Waals surface area contributed by atoms with E-state index in [0.29, 0.717) is 28.7 Å². The molecule has 10 heteroatoms. The fraction of sp³-hybridized carbons (Fsp3) is 0.375. The highest BCUT2D eigenvalue weighted by Gasteiger charge is 2.30. The Labute approximate surface area is 259 Å². The van der Waals surface area contributed by atoms with Gasteiger partial charge in [-0.05, 0) is 60.2 Å². The Hall–Kier alpha value is -3.07. The lowest BCUT2D eigenvalue weighted by Crippen LogP contribution is -2.50. The van der Waals surface area contributed by atoms with Crippen LogP contribution in [0.5, 0.6) is 0 Å². The van der Waals surface area contributed by atoms with E-state index in [-0.39, 0.29) is 37.7 Å². The van der Waals surface area contributed by atoms with Crippen LogP contribution in [0, 0.1) is 0 Å². The molecule has 0 radical (unpaired) electrons. The molecule has 0 aromatic heterocycles. The molecule has 0 aliphatic carbocycles. The van der Waals surface area contributed by atoms with Crippen LogP contribution in [-0.4, -0.2) is 50.5 Å². The number of nitrogens with zero attached hydrogens (tertiary/aromatic N) is 2. The number of hydrogen-bond acceptors (Lipinski definition) is 4. The molecule has 42 heavy (non-hydrogen) atoms. The number of rotatable bonds is 15. The molecule has 1 N–H and O–H groups in total. The van der Waals surface area contributed by atoms with E-state index in [4.69, 9.17) is 23.2 Å². The normalized spacial score (nSPS) is 12.0. The van der Waals surface area contributed by atoms with Gasteiger partial charge in [0.15, 0.2) is 0 Å². The maximum atomic E-state index is 13.9. The summed E-state index contributed by atoms with van der Waals surface area (Å²) in [6.45, 7) is 4.75. The number of amides is 2. The minimum absolute atomic E-state index is 0.0483. The summed E-state index contributed by atoms with van der Waals surface area (Å²) in [5.74, 6) is -0.508. The molecule has 0 aliphatic rings. The summed E-state index contributed by atoms with van der Waals surface area (Å²) in [5, 5.41) is 3.70. The van der Waals surface area contributed by atoms with Crippen LogP contribution in [-0.2, 0) is 39.0 Å². The maximum absolute atomic E-state index is 13.9. The Balaban J connectivity index is 1.88. The van der Waals surface area contributed by atoms with Gasteiger partial charge in [-0.2, -0.15) is 0 Å². The third-order valence-corrected chi connectivity index (χ3v) is 8.88. The monoisotopic (exact) mass is 631 g/mol. The van der Waals surface area contributed by atoms with Crippen molar-refractivity contribution in [2.45, 2.75) is 58.5 Å². The van der Waals surface area contributed by atoms with Gasteiger partial charge in [-0.3, -0.25) is 13.9 Å². The van der Waals surface area contributed by atoms with Gasteiger partial charge in [-0.15, -0.1) is 0 Å². The van der Waals surface area contributed by atoms with Crippen molar-refractivity contribution in [1.29, 1.82) is 0 Å². The predicted molar refractivity (Wildman–Crippen MR) is 171 cm³/mol. The van der Waals surface area contributed by atoms with Crippen LogP contribution in [0.3, 0.4) is 0 Å². The number of carbonyl (C=O) groups is 2. The summed E-state index contributed by atoms with van der Waals surface area (Å²) in [4.78, 5) is 28.9. The highest BCUT2D eigenvalue weighted by molar-refractivity contribution is 7.92. The fourth-order valence-electron chi connectivity index (χ4n) is 4.66. The molecule has 1 atom stereocenters. The van der Waals surface area contributed by atoms with E-state index in [1.54, 1.807) is 35.2 Å². The van der Waals surface area contributed by atoms with Gasteiger partial charge in [0, 0.05) is 32.5 Å². The van der Waals surface area contributed by atoms with Crippen LogP contribution in [0.1, 0.15) is 49.8 Å². The topological polar surface area (TPSA) is 86.8 Å². The molecular formula is C32H39Cl2N3O4S. The zero-order valence-corrected chi connectivity index (χ0v) is 26.7. The Kier molecular flexibility index (Phi) is 12.7. The molecule has 0 bridgehead atoms. The van der Waals surface area contributed by atoms with E-state index in [9.17, 15) is 18.0 Å². The largest absolute Gasteiger partial charge is 0.354 e. The van der Waals surface area contributed by atoms with E-state index in [2.05, 4.69) is 5.32 Å². The zero-order valence-electron chi connectivity index (χ0n) is 24.4. The van der Waals surface area contributed by atoms with E-state index < -0.39 is 16.1 Å². The van der Waals surface area contributed by atoms with Crippen molar-refractivity contribution < 1.29 is 18.0 Å². The third-order valence-electron chi connectivity index (χ3n) is 6.94. The molecule has 3 aromatic rings. The second kappa shape index (κ2) is 16.0. The smallest absolute Gasteiger partial charge is 0.243 e. The van der Waals surface area contributed by atoms with Crippen molar-refractivity contribution in [3.8, 4) is 0 Å². The first kappa shape index (κ1) is 33.4. The molecule has 0 unspecified atom stereocenters. The van der Waals surface area contributed by atoms with Gasteiger partial charge in [0.1, 0.15) is 6.04 Å². The van der Waals surface area contributed by atoms with Gasteiger partial charge in [-0.1, -0.05) is 85.6 Å². The van der Waals surface area contributed by atoms with Crippen molar-refractivity contribution in [3.05, 3.63) is 99.5 Å². The summed E-state index contributed by atoms with van der Waals surface area (Å²) in [6, 6.07) is 21.3. The predicted octanol–water partition coefficient (Wildman–Crippen LogP) is 6.27. The zero-order chi connectivity index (χ0) is 30.7. The maximum Gasteiger partial charge on any atom is 0.243 e. The Morgan fingerprint density at radius 2 is 1.55 bits per heavy atom. The third kappa shape index (κ3) is 9.75. The molecule has 0 spiro atoms. The van der Waals surface area contributed by atoms with Crippen LogP contribution < -0.4 is 9.62 Å². The van der Waals surface area contributed by atoms with Crippen LogP contribution in [0.2, 0.25) is 10.0 Å². The minimum Gasteiger partial charge on any atom is -0.354 e. The summed E-state index contributed by atoms with van der Waals surface area (Å²) in [5.41, 5.74) is 3.30. The lowest BCUT2D eigenvalue weighted by molar-refractivity contribution is -0.141. The second-order valence-corrected chi connectivity index (χ2v) is 12.9. The van der Waals surface area contributed by atoms with Crippen molar-refractivity contribution >= 4 is 50.7 Å². The Morgan fingerprint density at radius 1 is 0.881 bits per heavy atom. The molecule has 2 amide bonds. The summed E-state index contributed by atoms with van der Waals surface area (Å²) < 4.78 is 26.6. The van der Waals surface area contributed by atoms with E-state index in [0.717, 1.165) is 35.8 Å². The average molecular weight is 633 g/mol. The number of sulfonamides is 1. The summed E-state index contributed by atoms with van der Waals surface area (Å²) in [6.07, 6.45) is 3.40. The van der Waals surface area contributed by atoms with Crippen LogP contribution >= 0.6 is 23.2 Å². The lowest BCUT2D eigenvalue weighted by Gasteiger charge is -2.32. The highest BCUT2D eigenvalue weighted by atomic mass is 35.5. The standard InChI is InChI=1S/C32H39Cl2N3O4S/c1-4-19-35-32(39)30(22-25-10-7-6-8-11-25)36(23-26-15-18-28(33)29(34)21-26)31(38)12-9-20-37(42(3,40)41)27-16-13-24(5-2)14-17-27/h6-8,10-11,13-18,21,30H,4-5,9,12,19-20,22-23H2,1-3H3,(H,35,39)/t30-/m1/s1. The van der Waals surface area contributed by atoms with Gasteiger partial charge in [0.25, 0.3) is 0 Å². The van der Waals surface area contributed by atoms with Gasteiger partial charge < -0.3 is 10.2 Å². The fourth-order valence-corrected chi connectivity index (χ4v) is 5.94. The SMILES string of the molecule is CCCNC(=O)[C@@H](Cc1ccccc1)N(Cc1ccc(Cl)c(Cl)c1)C(=O)CCCN(c1ccc(CC)cc1)S(C)(=O)=O. The van der Waals surface area contributed by atoms with Crippen LogP contribution in [0.15, 0.2) is 72.8 Å². The molecule has 0 heterocycles. The molecule has 3 aromatic carbocycles. The second-order valence-electron chi connectivity index (χ2n) is 10.2. The highest BCUT2D eigenvalue weighted by Crippen LogP contribution is 2.25. The van der Waals surface area contributed by atoms with E-state index in [1.807, 2.05) is 56.3 Å². The molecule has 226 valence electrons. The molecular weight excluding hydrogens is 593 g/mol. The number of halogens is 2. The van der Waals surface area contributed by atoms with Crippen molar-refractivity contribution in [3.63, 3.8) is 0 Å². The molecule has 0 saturated carbocycles. The number of nitrogens with one attached hydrogen (secondary N) is 1. The quantitative estimate of drug-likeness (QED) is 0.214.